The van der Waals surface area contributed by atoms with Crippen molar-refractivity contribution in [1.82, 2.24) is 29.7 Å². The fourth-order valence-corrected chi connectivity index (χ4v) is 3.42. The minimum atomic E-state index is -0.0654. The second-order valence-electron chi connectivity index (χ2n) is 7.43. The van der Waals surface area contributed by atoms with E-state index in [0.717, 1.165) is 31.7 Å². The number of carbonyl (C=O) groups excluding carboxylic acids is 1. The molecule has 0 saturated carbocycles. The van der Waals surface area contributed by atoms with Crippen LogP contribution in [0, 0.1) is 19.8 Å². The van der Waals surface area contributed by atoms with E-state index in [1.807, 2.05) is 31.0 Å². The summed E-state index contributed by atoms with van der Waals surface area (Å²) in [6.45, 7) is 11.5. The maximum atomic E-state index is 12.8. The molecule has 1 atom stereocenters. The fourth-order valence-electron chi connectivity index (χ4n) is 3.42. The SMILES string of the molecule is Cc1ccn(CC(=O)N2CCCN(CC(C)C)[C@H](c3nc(C)no3)C2)n1. The third-order valence-corrected chi connectivity index (χ3v) is 4.56. The van der Waals surface area contributed by atoms with Gasteiger partial charge in [-0.25, -0.2) is 0 Å². The number of amides is 1. The van der Waals surface area contributed by atoms with Gasteiger partial charge in [0.25, 0.3) is 0 Å². The molecule has 0 bridgehead atoms. The van der Waals surface area contributed by atoms with Crippen LogP contribution in [0.1, 0.15) is 43.7 Å². The Kier molecular flexibility index (Phi) is 5.70. The number of aromatic nitrogens is 4. The molecule has 0 unspecified atom stereocenters. The van der Waals surface area contributed by atoms with Gasteiger partial charge < -0.3 is 9.42 Å². The van der Waals surface area contributed by atoms with Gasteiger partial charge in [0.15, 0.2) is 5.82 Å². The van der Waals surface area contributed by atoms with Crippen LogP contribution in [-0.2, 0) is 11.3 Å². The summed E-state index contributed by atoms with van der Waals surface area (Å²) in [5.41, 5.74) is 0.913. The van der Waals surface area contributed by atoms with E-state index >= 15 is 0 Å². The highest BCUT2D eigenvalue weighted by atomic mass is 16.5. The molecule has 0 spiro atoms. The molecule has 0 aliphatic carbocycles. The van der Waals surface area contributed by atoms with Crippen molar-refractivity contribution >= 4 is 5.91 Å². The Morgan fingerprint density at radius 2 is 2.15 bits per heavy atom. The van der Waals surface area contributed by atoms with Gasteiger partial charge in [0.2, 0.25) is 11.8 Å². The summed E-state index contributed by atoms with van der Waals surface area (Å²) < 4.78 is 7.16. The van der Waals surface area contributed by atoms with Crippen LogP contribution in [0.2, 0.25) is 0 Å². The van der Waals surface area contributed by atoms with E-state index in [1.54, 1.807) is 4.68 Å². The van der Waals surface area contributed by atoms with Gasteiger partial charge in [0, 0.05) is 32.4 Å². The molecule has 2 aromatic heterocycles. The Morgan fingerprint density at radius 1 is 1.35 bits per heavy atom. The zero-order chi connectivity index (χ0) is 18.7. The molecular weight excluding hydrogens is 332 g/mol. The molecule has 1 saturated heterocycles. The van der Waals surface area contributed by atoms with Crippen LogP contribution in [0.3, 0.4) is 0 Å². The summed E-state index contributed by atoms with van der Waals surface area (Å²) in [5, 5.41) is 8.27. The highest BCUT2D eigenvalue weighted by Crippen LogP contribution is 2.25. The average Bonchev–Trinajstić information content (AvgIpc) is 3.11. The van der Waals surface area contributed by atoms with Crippen molar-refractivity contribution in [3.8, 4) is 0 Å². The number of aryl methyl sites for hydroxylation is 2. The first-order valence-corrected chi connectivity index (χ1v) is 9.24. The highest BCUT2D eigenvalue weighted by molar-refractivity contribution is 5.76. The minimum absolute atomic E-state index is 0.0654. The summed E-state index contributed by atoms with van der Waals surface area (Å²) in [7, 11) is 0. The predicted octanol–water partition coefficient (Wildman–Crippen LogP) is 1.81. The Bertz CT molecular complexity index is 738. The smallest absolute Gasteiger partial charge is 0.245 e. The monoisotopic (exact) mass is 360 g/mol. The van der Waals surface area contributed by atoms with E-state index in [-0.39, 0.29) is 18.5 Å². The van der Waals surface area contributed by atoms with E-state index < -0.39 is 0 Å². The number of rotatable bonds is 5. The summed E-state index contributed by atoms with van der Waals surface area (Å²) in [4.78, 5) is 21.5. The molecule has 0 aromatic carbocycles. The summed E-state index contributed by atoms with van der Waals surface area (Å²) in [5.74, 6) is 1.81. The van der Waals surface area contributed by atoms with Crippen molar-refractivity contribution in [2.75, 3.05) is 26.2 Å². The second-order valence-corrected chi connectivity index (χ2v) is 7.43. The van der Waals surface area contributed by atoms with E-state index in [2.05, 4.69) is 34.0 Å². The highest BCUT2D eigenvalue weighted by Gasteiger charge is 2.32. The third kappa shape index (κ3) is 4.49. The lowest BCUT2D eigenvalue weighted by atomic mass is 10.1. The summed E-state index contributed by atoms with van der Waals surface area (Å²) >= 11 is 0. The average molecular weight is 360 g/mol. The lowest BCUT2D eigenvalue weighted by Crippen LogP contribution is -2.40. The Labute approximate surface area is 154 Å². The van der Waals surface area contributed by atoms with E-state index in [0.29, 0.717) is 24.2 Å². The maximum Gasteiger partial charge on any atom is 0.245 e. The van der Waals surface area contributed by atoms with Crippen LogP contribution in [0.25, 0.3) is 0 Å². The Hall–Kier alpha value is -2.22. The zero-order valence-corrected chi connectivity index (χ0v) is 16.1. The second kappa shape index (κ2) is 7.99. The van der Waals surface area contributed by atoms with Gasteiger partial charge in [-0.05, 0) is 32.3 Å². The fraction of sp³-hybridized carbons (Fsp3) is 0.667. The lowest BCUT2D eigenvalue weighted by Gasteiger charge is -2.30. The first-order chi connectivity index (χ1) is 12.4. The summed E-state index contributed by atoms with van der Waals surface area (Å²) in [6.07, 6.45) is 2.77. The molecule has 8 heteroatoms. The van der Waals surface area contributed by atoms with Crippen molar-refractivity contribution < 1.29 is 9.32 Å². The summed E-state index contributed by atoms with van der Waals surface area (Å²) in [6, 6.07) is 1.84. The molecule has 142 valence electrons. The van der Waals surface area contributed by atoms with Crippen LogP contribution >= 0.6 is 0 Å². The van der Waals surface area contributed by atoms with E-state index in [9.17, 15) is 4.79 Å². The third-order valence-electron chi connectivity index (χ3n) is 4.56. The van der Waals surface area contributed by atoms with Gasteiger partial charge in [-0.15, -0.1) is 0 Å². The first-order valence-electron chi connectivity index (χ1n) is 9.24. The van der Waals surface area contributed by atoms with Gasteiger partial charge in [0.05, 0.1) is 5.69 Å². The zero-order valence-electron chi connectivity index (χ0n) is 16.1. The molecule has 2 aromatic rings. The number of hydrogen-bond donors (Lipinski definition) is 0. The molecule has 3 heterocycles. The van der Waals surface area contributed by atoms with Gasteiger partial charge >= 0.3 is 0 Å². The molecule has 8 nitrogen and oxygen atoms in total. The molecule has 26 heavy (non-hydrogen) atoms. The number of hydrogen-bond acceptors (Lipinski definition) is 6. The Balaban J connectivity index is 1.76. The quantitative estimate of drug-likeness (QED) is 0.809. The van der Waals surface area contributed by atoms with Gasteiger partial charge in [-0.2, -0.15) is 10.1 Å². The normalized spacial score (nSPS) is 19.1. The van der Waals surface area contributed by atoms with Crippen LogP contribution in [0.5, 0.6) is 0 Å². The lowest BCUT2D eigenvalue weighted by molar-refractivity contribution is -0.132. The minimum Gasteiger partial charge on any atom is -0.339 e. The van der Waals surface area contributed by atoms with Crippen molar-refractivity contribution in [1.29, 1.82) is 0 Å². The van der Waals surface area contributed by atoms with Gasteiger partial charge in [-0.1, -0.05) is 19.0 Å². The van der Waals surface area contributed by atoms with Crippen molar-refractivity contribution in [2.24, 2.45) is 5.92 Å². The molecule has 1 aliphatic heterocycles. The number of nitrogens with zero attached hydrogens (tertiary/aromatic N) is 6. The molecule has 1 amide bonds. The van der Waals surface area contributed by atoms with Crippen molar-refractivity contribution in [2.45, 2.75) is 46.7 Å². The number of carbonyl (C=O) groups is 1. The molecule has 0 radical (unpaired) electrons. The predicted molar refractivity (Wildman–Crippen MR) is 96.3 cm³/mol. The van der Waals surface area contributed by atoms with Gasteiger partial charge in [0.1, 0.15) is 12.6 Å². The van der Waals surface area contributed by atoms with Crippen LogP contribution in [0.15, 0.2) is 16.8 Å². The van der Waals surface area contributed by atoms with E-state index in [1.165, 1.54) is 0 Å². The van der Waals surface area contributed by atoms with Crippen molar-refractivity contribution in [3.63, 3.8) is 0 Å². The van der Waals surface area contributed by atoms with Gasteiger partial charge in [-0.3, -0.25) is 14.4 Å². The Morgan fingerprint density at radius 3 is 2.77 bits per heavy atom. The molecule has 1 aliphatic rings. The first kappa shape index (κ1) is 18.6. The van der Waals surface area contributed by atoms with Crippen molar-refractivity contribution in [3.05, 3.63) is 29.7 Å². The molecule has 1 fully saturated rings. The molecule has 3 rings (SSSR count). The van der Waals surface area contributed by atoms with Crippen LogP contribution < -0.4 is 0 Å². The molecule has 0 N–H and O–H groups in total. The standard InChI is InChI=1S/C18H28N6O2/c1-13(2)10-22-7-5-8-23(11-16(22)18-19-15(4)21-26-18)17(25)12-24-9-6-14(3)20-24/h6,9,13,16H,5,7-8,10-12H2,1-4H3/t16-/m0/s1. The topological polar surface area (TPSA) is 80.3 Å². The van der Waals surface area contributed by atoms with E-state index in [4.69, 9.17) is 4.52 Å². The molecular formula is C18H28N6O2. The van der Waals surface area contributed by atoms with Crippen LogP contribution in [0.4, 0.5) is 0 Å². The maximum absolute atomic E-state index is 12.8. The largest absolute Gasteiger partial charge is 0.339 e. The van der Waals surface area contributed by atoms with Crippen LogP contribution in [-0.4, -0.2) is 61.8 Å².